The summed E-state index contributed by atoms with van der Waals surface area (Å²) in [5, 5.41) is 21.8. The monoisotopic (exact) mass is 431 g/mol. The SMILES string of the molecule is O=C(CSc1nnc(-c2ccccc2F)n1C1CC1)Nc1cc([N+](=O)[O-])ccc1F. The van der Waals surface area contributed by atoms with Crippen LogP contribution in [0.5, 0.6) is 0 Å². The van der Waals surface area contributed by atoms with Crippen molar-refractivity contribution in [3.05, 3.63) is 64.2 Å². The second-order valence-corrected chi connectivity index (χ2v) is 7.59. The fourth-order valence-electron chi connectivity index (χ4n) is 2.90. The van der Waals surface area contributed by atoms with Crippen LogP contribution in [0.25, 0.3) is 11.4 Å². The van der Waals surface area contributed by atoms with Crippen molar-refractivity contribution in [2.24, 2.45) is 0 Å². The molecule has 0 saturated heterocycles. The molecule has 0 aliphatic heterocycles. The average molecular weight is 431 g/mol. The number of anilines is 1. The van der Waals surface area contributed by atoms with Gasteiger partial charge in [0.2, 0.25) is 5.91 Å². The Hall–Kier alpha value is -3.34. The molecular formula is C19H15F2N5O3S. The molecule has 4 rings (SSSR count). The molecule has 0 unspecified atom stereocenters. The summed E-state index contributed by atoms with van der Waals surface area (Å²) in [5.41, 5.74) is -0.278. The maximum Gasteiger partial charge on any atom is 0.271 e. The Morgan fingerprint density at radius 2 is 1.97 bits per heavy atom. The van der Waals surface area contributed by atoms with E-state index in [1.807, 2.05) is 4.57 Å². The topological polar surface area (TPSA) is 103 Å². The van der Waals surface area contributed by atoms with E-state index >= 15 is 0 Å². The van der Waals surface area contributed by atoms with Crippen LogP contribution in [0.4, 0.5) is 20.2 Å². The van der Waals surface area contributed by atoms with Gasteiger partial charge in [0.05, 0.1) is 21.9 Å². The predicted octanol–water partition coefficient (Wildman–Crippen LogP) is 4.20. The molecule has 1 aromatic heterocycles. The van der Waals surface area contributed by atoms with Gasteiger partial charge in [0.15, 0.2) is 11.0 Å². The van der Waals surface area contributed by atoms with Crippen molar-refractivity contribution < 1.29 is 18.5 Å². The van der Waals surface area contributed by atoms with Gasteiger partial charge >= 0.3 is 0 Å². The zero-order valence-corrected chi connectivity index (χ0v) is 16.2. The van der Waals surface area contributed by atoms with Gasteiger partial charge in [-0.3, -0.25) is 19.5 Å². The van der Waals surface area contributed by atoms with Crippen LogP contribution in [0.3, 0.4) is 0 Å². The number of halogens is 2. The third-order valence-electron chi connectivity index (χ3n) is 4.46. The third kappa shape index (κ3) is 4.15. The summed E-state index contributed by atoms with van der Waals surface area (Å²) in [5.74, 6) is -1.48. The van der Waals surface area contributed by atoms with Crippen molar-refractivity contribution in [3.8, 4) is 11.4 Å². The van der Waals surface area contributed by atoms with Gasteiger partial charge in [0, 0.05) is 18.2 Å². The molecule has 1 heterocycles. The van der Waals surface area contributed by atoms with Gasteiger partial charge in [-0.05, 0) is 31.0 Å². The molecule has 3 aromatic rings. The maximum absolute atomic E-state index is 14.2. The summed E-state index contributed by atoms with van der Waals surface area (Å²) >= 11 is 1.08. The number of rotatable bonds is 7. The molecule has 1 fully saturated rings. The van der Waals surface area contributed by atoms with Gasteiger partial charge in [-0.25, -0.2) is 8.78 Å². The second-order valence-electron chi connectivity index (χ2n) is 6.65. The Morgan fingerprint density at radius 3 is 2.67 bits per heavy atom. The quantitative estimate of drug-likeness (QED) is 0.342. The van der Waals surface area contributed by atoms with Crippen molar-refractivity contribution in [1.29, 1.82) is 0 Å². The van der Waals surface area contributed by atoms with Crippen molar-refractivity contribution in [1.82, 2.24) is 14.8 Å². The molecule has 1 N–H and O–H groups in total. The number of carbonyl (C=O) groups excluding carboxylic acids is 1. The number of aromatic nitrogens is 3. The Bertz CT molecular complexity index is 1130. The van der Waals surface area contributed by atoms with Crippen LogP contribution in [-0.2, 0) is 4.79 Å². The summed E-state index contributed by atoms with van der Waals surface area (Å²) in [4.78, 5) is 22.4. The number of nitrogens with one attached hydrogen (secondary N) is 1. The van der Waals surface area contributed by atoms with Crippen LogP contribution in [0.2, 0.25) is 0 Å². The fraction of sp³-hybridized carbons (Fsp3) is 0.211. The molecule has 1 aliphatic carbocycles. The van der Waals surface area contributed by atoms with Gasteiger partial charge in [-0.2, -0.15) is 0 Å². The van der Waals surface area contributed by atoms with Crippen molar-refractivity contribution >= 4 is 29.0 Å². The van der Waals surface area contributed by atoms with Crippen LogP contribution in [0.1, 0.15) is 18.9 Å². The zero-order valence-electron chi connectivity index (χ0n) is 15.4. The molecule has 0 radical (unpaired) electrons. The number of hydrogen-bond donors (Lipinski definition) is 1. The Balaban J connectivity index is 1.50. The largest absolute Gasteiger partial charge is 0.323 e. The number of nitrogens with zero attached hydrogens (tertiary/aromatic N) is 4. The molecule has 8 nitrogen and oxygen atoms in total. The van der Waals surface area contributed by atoms with Crippen LogP contribution >= 0.6 is 11.8 Å². The highest BCUT2D eigenvalue weighted by molar-refractivity contribution is 7.99. The Kier molecular flexibility index (Phi) is 5.44. The number of benzene rings is 2. The van der Waals surface area contributed by atoms with Crippen LogP contribution in [0.15, 0.2) is 47.6 Å². The van der Waals surface area contributed by atoms with E-state index in [1.165, 1.54) is 6.07 Å². The maximum atomic E-state index is 14.2. The number of carbonyl (C=O) groups is 1. The minimum Gasteiger partial charge on any atom is -0.323 e. The van der Waals surface area contributed by atoms with E-state index < -0.39 is 22.5 Å². The lowest BCUT2D eigenvalue weighted by Crippen LogP contribution is -2.15. The van der Waals surface area contributed by atoms with E-state index in [-0.39, 0.29) is 23.2 Å². The van der Waals surface area contributed by atoms with Crippen molar-refractivity contribution in [3.63, 3.8) is 0 Å². The molecular weight excluding hydrogens is 416 g/mol. The highest BCUT2D eigenvalue weighted by atomic mass is 32.2. The van der Waals surface area contributed by atoms with Gasteiger partial charge < -0.3 is 5.32 Å². The summed E-state index contributed by atoms with van der Waals surface area (Å²) in [6, 6.07) is 9.28. The first-order valence-corrected chi connectivity index (χ1v) is 9.99. The summed E-state index contributed by atoms with van der Waals surface area (Å²) in [7, 11) is 0. The predicted molar refractivity (Wildman–Crippen MR) is 106 cm³/mol. The first kappa shape index (κ1) is 20.0. The zero-order chi connectivity index (χ0) is 21.3. The summed E-state index contributed by atoms with van der Waals surface area (Å²) < 4.78 is 29.9. The number of non-ortho nitro benzene ring substituents is 1. The molecule has 0 bridgehead atoms. The molecule has 1 aliphatic rings. The van der Waals surface area contributed by atoms with E-state index in [9.17, 15) is 23.7 Å². The summed E-state index contributed by atoms with van der Waals surface area (Å²) in [6.45, 7) is 0. The number of nitro groups is 1. The highest BCUT2D eigenvalue weighted by Gasteiger charge is 2.31. The lowest BCUT2D eigenvalue weighted by atomic mass is 10.2. The first-order valence-electron chi connectivity index (χ1n) is 9.00. The molecule has 1 saturated carbocycles. The minimum atomic E-state index is -0.776. The van der Waals surface area contributed by atoms with Crippen molar-refractivity contribution in [2.75, 3.05) is 11.1 Å². The second kappa shape index (κ2) is 8.19. The first-order chi connectivity index (χ1) is 14.4. The normalized spacial score (nSPS) is 13.3. The number of amides is 1. The van der Waals surface area contributed by atoms with Gasteiger partial charge in [0.1, 0.15) is 11.6 Å². The lowest BCUT2D eigenvalue weighted by Gasteiger charge is -2.10. The molecule has 11 heteroatoms. The Labute approximate surface area is 173 Å². The van der Waals surface area contributed by atoms with Gasteiger partial charge in [-0.1, -0.05) is 23.9 Å². The number of nitro benzene ring substituents is 1. The van der Waals surface area contributed by atoms with Crippen LogP contribution in [0, 0.1) is 21.7 Å². The van der Waals surface area contributed by atoms with Gasteiger partial charge in [0.25, 0.3) is 5.69 Å². The van der Waals surface area contributed by atoms with E-state index in [4.69, 9.17) is 0 Å². The van der Waals surface area contributed by atoms with Crippen LogP contribution in [-0.4, -0.2) is 31.3 Å². The van der Waals surface area contributed by atoms with Crippen LogP contribution < -0.4 is 5.32 Å². The molecule has 2 aromatic carbocycles. The van der Waals surface area contributed by atoms with E-state index in [0.29, 0.717) is 16.5 Å². The van der Waals surface area contributed by atoms with Gasteiger partial charge in [-0.15, -0.1) is 10.2 Å². The van der Waals surface area contributed by atoms with E-state index in [1.54, 1.807) is 18.2 Å². The average Bonchev–Trinajstić information content (AvgIpc) is 3.47. The third-order valence-corrected chi connectivity index (χ3v) is 5.40. The number of hydrogen-bond acceptors (Lipinski definition) is 6. The lowest BCUT2D eigenvalue weighted by molar-refractivity contribution is -0.384. The van der Waals surface area contributed by atoms with Crippen molar-refractivity contribution in [2.45, 2.75) is 24.0 Å². The van der Waals surface area contributed by atoms with E-state index in [0.717, 1.165) is 42.8 Å². The molecule has 154 valence electrons. The molecule has 1 amide bonds. The summed E-state index contributed by atoms with van der Waals surface area (Å²) in [6.07, 6.45) is 1.80. The Morgan fingerprint density at radius 1 is 1.20 bits per heavy atom. The smallest absolute Gasteiger partial charge is 0.271 e. The minimum absolute atomic E-state index is 0.121. The highest BCUT2D eigenvalue weighted by Crippen LogP contribution is 2.41. The standard InChI is InChI=1S/C19H15F2N5O3S/c20-14-4-2-1-3-13(14)18-23-24-19(25(18)11-5-6-11)30-10-17(27)22-16-9-12(26(28)29)7-8-15(16)21/h1-4,7-9,11H,5-6,10H2,(H,22,27). The fourth-order valence-corrected chi connectivity index (χ4v) is 3.71. The molecule has 30 heavy (non-hydrogen) atoms. The molecule has 0 atom stereocenters. The number of thioether (sulfide) groups is 1. The van der Waals surface area contributed by atoms with E-state index in [2.05, 4.69) is 15.5 Å². The molecule has 0 spiro atoms.